The number of amides is 2. The zero-order chi connectivity index (χ0) is 14.0. The van der Waals surface area contributed by atoms with E-state index in [1.165, 1.54) is 11.3 Å². The Hall–Kier alpha value is -1.89. The van der Waals surface area contributed by atoms with E-state index >= 15 is 0 Å². The zero-order valence-corrected chi connectivity index (χ0v) is 10.9. The molecule has 1 aromatic heterocycles. The predicted molar refractivity (Wildman–Crippen MR) is 69.9 cm³/mol. The van der Waals surface area contributed by atoms with Crippen molar-refractivity contribution < 1.29 is 19.5 Å². The van der Waals surface area contributed by atoms with Crippen LogP contribution >= 0.6 is 11.3 Å². The predicted octanol–water partition coefficient (Wildman–Crippen LogP) is 1.29. The maximum absolute atomic E-state index is 12.0. The molecule has 1 aromatic rings. The second-order valence-corrected chi connectivity index (χ2v) is 5.48. The van der Waals surface area contributed by atoms with Gasteiger partial charge in [0.25, 0.3) is 5.91 Å². The van der Waals surface area contributed by atoms with Crippen LogP contribution in [-0.2, 0) is 9.59 Å². The van der Waals surface area contributed by atoms with Gasteiger partial charge in [-0.15, -0.1) is 11.3 Å². The van der Waals surface area contributed by atoms with Crippen LogP contribution in [0.15, 0.2) is 11.4 Å². The smallest absolute Gasteiger partial charge is 0.306 e. The van der Waals surface area contributed by atoms with Crippen molar-refractivity contribution in [3.63, 3.8) is 0 Å². The standard InChI is InChI=1S/C12H14N2O4S/c13-9(15)8-3-4-19-11(8)14-10(16)6-1-2-7(5-6)12(17)18/h3-4,6-7H,1-2,5H2,(H2,13,15)(H,14,16)(H,17,18). The molecule has 7 heteroatoms. The summed E-state index contributed by atoms with van der Waals surface area (Å²) < 4.78 is 0. The fourth-order valence-electron chi connectivity index (χ4n) is 2.26. The van der Waals surface area contributed by atoms with Gasteiger partial charge in [0.2, 0.25) is 5.91 Å². The number of nitrogens with two attached hydrogens (primary N) is 1. The number of primary amides is 1. The van der Waals surface area contributed by atoms with Crippen molar-refractivity contribution in [2.75, 3.05) is 5.32 Å². The number of carboxylic acid groups (broad SMARTS) is 1. The first-order valence-electron chi connectivity index (χ1n) is 5.90. The molecule has 0 radical (unpaired) electrons. The van der Waals surface area contributed by atoms with E-state index in [1.807, 2.05) is 0 Å². The first kappa shape index (κ1) is 13.5. The number of carbonyl (C=O) groups is 3. The summed E-state index contributed by atoms with van der Waals surface area (Å²) in [5, 5.41) is 13.7. The molecule has 1 aliphatic carbocycles. The van der Waals surface area contributed by atoms with Gasteiger partial charge in [-0.3, -0.25) is 14.4 Å². The molecule has 6 nitrogen and oxygen atoms in total. The zero-order valence-electron chi connectivity index (χ0n) is 10.1. The van der Waals surface area contributed by atoms with Crippen LogP contribution in [0.5, 0.6) is 0 Å². The maximum atomic E-state index is 12.0. The summed E-state index contributed by atoms with van der Waals surface area (Å²) in [5.41, 5.74) is 5.47. The summed E-state index contributed by atoms with van der Waals surface area (Å²) in [4.78, 5) is 34.0. The van der Waals surface area contributed by atoms with E-state index in [2.05, 4.69) is 5.32 Å². The molecule has 1 saturated carbocycles. The third kappa shape index (κ3) is 2.93. The number of carbonyl (C=O) groups excluding carboxylic acids is 2. The summed E-state index contributed by atoms with van der Waals surface area (Å²) in [6.45, 7) is 0. The van der Waals surface area contributed by atoms with Crippen LogP contribution in [0.2, 0.25) is 0 Å². The Kier molecular flexibility index (Phi) is 3.84. The van der Waals surface area contributed by atoms with Crippen molar-refractivity contribution in [1.82, 2.24) is 0 Å². The van der Waals surface area contributed by atoms with Gasteiger partial charge in [-0.25, -0.2) is 0 Å². The van der Waals surface area contributed by atoms with E-state index in [4.69, 9.17) is 10.8 Å². The average molecular weight is 282 g/mol. The lowest BCUT2D eigenvalue weighted by Gasteiger charge is -2.10. The third-order valence-electron chi connectivity index (χ3n) is 3.32. The van der Waals surface area contributed by atoms with E-state index in [-0.39, 0.29) is 17.4 Å². The number of carboxylic acids is 1. The highest BCUT2D eigenvalue weighted by Gasteiger charge is 2.34. The van der Waals surface area contributed by atoms with Gasteiger partial charge in [-0.1, -0.05) is 0 Å². The minimum atomic E-state index is -0.857. The highest BCUT2D eigenvalue weighted by Crippen LogP contribution is 2.33. The molecular weight excluding hydrogens is 268 g/mol. The van der Waals surface area contributed by atoms with Crippen molar-refractivity contribution >= 4 is 34.1 Å². The van der Waals surface area contributed by atoms with Gasteiger partial charge in [-0.2, -0.15) is 0 Å². The summed E-state index contributed by atoms with van der Waals surface area (Å²) in [6.07, 6.45) is 1.42. The van der Waals surface area contributed by atoms with Gasteiger partial charge >= 0.3 is 5.97 Å². The molecule has 0 aromatic carbocycles. The molecule has 2 unspecified atom stereocenters. The normalized spacial score (nSPS) is 22.1. The Morgan fingerprint density at radius 3 is 2.58 bits per heavy atom. The first-order chi connectivity index (χ1) is 8.99. The Bertz CT molecular complexity index is 526. The van der Waals surface area contributed by atoms with Gasteiger partial charge in [0.1, 0.15) is 5.00 Å². The van der Waals surface area contributed by atoms with Crippen LogP contribution in [0.1, 0.15) is 29.6 Å². The first-order valence-corrected chi connectivity index (χ1v) is 6.78. The molecule has 0 aliphatic heterocycles. The van der Waals surface area contributed by atoms with Crippen molar-refractivity contribution in [1.29, 1.82) is 0 Å². The SMILES string of the molecule is NC(=O)c1ccsc1NC(=O)C1CCC(C(=O)O)C1. The van der Waals surface area contributed by atoms with Gasteiger partial charge < -0.3 is 16.2 Å². The van der Waals surface area contributed by atoms with E-state index < -0.39 is 17.8 Å². The highest BCUT2D eigenvalue weighted by atomic mass is 32.1. The van der Waals surface area contributed by atoms with Crippen LogP contribution in [0.3, 0.4) is 0 Å². The summed E-state index contributed by atoms with van der Waals surface area (Å²) in [7, 11) is 0. The topological polar surface area (TPSA) is 109 Å². The van der Waals surface area contributed by atoms with Crippen molar-refractivity contribution in [3.05, 3.63) is 17.0 Å². The molecular formula is C12H14N2O4S. The maximum Gasteiger partial charge on any atom is 0.306 e. The molecule has 0 saturated heterocycles. The number of hydrogen-bond acceptors (Lipinski definition) is 4. The second-order valence-electron chi connectivity index (χ2n) is 4.56. The fraction of sp³-hybridized carbons (Fsp3) is 0.417. The van der Waals surface area contributed by atoms with Gasteiger partial charge in [0.15, 0.2) is 0 Å². The minimum Gasteiger partial charge on any atom is -0.481 e. The van der Waals surface area contributed by atoms with Crippen LogP contribution < -0.4 is 11.1 Å². The number of anilines is 1. The molecule has 0 bridgehead atoms. The number of aliphatic carboxylic acids is 1. The molecule has 1 fully saturated rings. The molecule has 2 atom stereocenters. The Balaban J connectivity index is 2.00. The number of nitrogens with one attached hydrogen (secondary N) is 1. The lowest BCUT2D eigenvalue weighted by molar-refractivity contribution is -0.141. The summed E-state index contributed by atoms with van der Waals surface area (Å²) in [6, 6.07) is 1.55. The van der Waals surface area contributed by atoms with E-state index in [1.54, 1.807) is 11.4 Å². The molecule has 4 N–H and O–H groups in total. The van der Waals surface area contributed by atoms with Crippen LogP contribution in [0.25, 0.3) is 0 Å². The monoisotopic (exact) mass is 282 g/mol. The molecule has 0 spiro atoms. The molecule has 1 heterocycles. The third-order valence-corrected chi connectivity index (χ3v) is 4.15. The van der Waals surface area contributed by atoms with Crippen molar-refractivity contribution in [2.45, 2.75) is 19.3 Å². The van der Waals surface area contributed by atoms with Crippen molar-refractivity contribution in [3.8, 4) is 0 Å². The van der Waals surface area contributed by atoms with E-state index in [9.17, 15) is 14.4 Å². The second kappa shape index (κ2) is 5.40. The Morgan fingerprint density at radius 2 is 2.00 bits per heavy atom. The average Bonchev–Trinajstić information content (AvgIpc) is 2.96. The summed E-state index contributed by atoms with van der Waals surface area (Å²) >= 11 is 1.22. The lowest BCUT2D eigenvalue weighted by atomic mass is 10.0. The minimum absolute atomic E-state index is 0.242. The quantitative estimate of drug-likeness (QED) is 0.772. The molecule has 2 rings (SSSR count). The van der Waals surface area contributed by atoms with Crippen LogP contribution in [-0.4, -0.2) is 22.9 Å². The van der Waals surface area contributed by atoms with Gasteiger partial charge in [0, 0.05) is 5.92 Å². The van der Waals surface area contributed by atoms with Crippen molar-refractivity contribution in [2.24, 2.45) is 17.6 Å². The van der Waals surface area contributed by atoms with Crippen LogP contribution in [0.4, 0.5) is 5.00 Å². The van der Waals surface area contributed by atoms with E-state index in [0.29, 0.717) is 24.3 Å². The molecule has 1 aliphatic rings. The molecule has 102 valence electrons. The molecule has 2 amide bonds. The highest BCUT2D eigenvalue weighted by molar-refractivity contribution is 7.14. The molecule has 19 heavy (non-hydrogen) atoms. The summed E-state index contributed by atoms with van der Waals surface area (Å²) in [5.74, 6) is -2.46. The number of rotatable bonds is 4. The van der Waals surface area contributed by atoms with Gasteiger partial charge in [0.05, 0.1) is 11.5 Å². The van der Waals surface area contributed by atoms with Crippen LogP contribution in [0, 0.1) is 11.8 Å². The number of thiophene rings is 1. The largest absolute Gasteiger partial charge is 0.481 e. The fourth-order valence-corrected chi connectivity index (χ4v) is 3.05. The lowest BCUT2D eigenvalue weighted by Crippen LogP contribution is -2.23. The van der Waals surface area contributed by atoms with E-state index in [0.717, 1.165) is 0 Å². The Morgan fingerprint density at radius 1 is 1.32 bits per heavy atom. The Labute approximate surface area is 113 Å². The number of hydrogen-bond donors (Lipinski definition) is 3. The van der Waals surface area contributed by atoms with Gasteiger partial charge in [-0.05, 0) is 30.7 Å².